The molecule has 1 aromatic heterocycles. The summed E-state index contributed by atoms with van der Waals surface area (Å²) in [6, 6.07) is 2.40. The van der Waals surface area contributed by atoms with Gasteiger partial charge in [-0.3, -0.25) is 0 Å². The molecule has 2 heteroatoms. The van der Waals surface area contributed by atoms with Crippen molar-refractivity contribution in [1.29, 1.82) is 0 Å². The van der Waals surface area contributed by atoms with Crippen molar-refractivity contribution in [2.75, 3.05) is 13.6 Å². The van der Waals surface area contributed by atoms with Crippen molar-refractivity contribution in [3.8, 4) is 0 Å². The molecule has 1 aliphatic heterocycles. The normalized spacial score (nSPS) is 15.3. The van der Waals surface area contributed by atoms with E-state index in [0.29, 0.717) is 0 Å². The Bertz CT molecular complexity index is 326. The van der Waals surface area contributed by atoms with Crippen LogP contribution in [0.25, 0.3) is 0 Å². The van der Waals surface area contributed by atoms with Crippen LogP contribution in [0.5, 0.6) is 0 Å². The van der Waals surface area contributed by atoms with Crippen LogP contribution in [0.2, 0.25) is 0 Å². The molecule has 0 aromatic carbocycles. The van der Waals surface area contributed by atoms with Gasteiger partial charge in [-0.15, -0.1) is 0 Å². The van der Waals surface area contributed by atoms with E-state index in [9.17, 15) is 0 Å². The van der Waals surface area contributed by atoms with E-state index in [1.54, 1.807) is 11.4 Å². The highest BCUT2D eigenvalue weighted by Crippen LogP contribution is 2.23. The molecule has 0 spiro atoms. The Hall–Kier alpha value is -0.760. The molecule has 0 radical (unpaired) electrons. The molecule has 0 amide bonds. The topological polar surface area (TPSA) is 17.0 Å². The molecule has 0 unspecified atom stereocenters. The van der Waals surface area contributed by atoms with Gasteiger partial charge in [-0.05, 0) is 64.3 Å². The molecule has 0 atom stereocenters. The van der Waals surface area contributed by atoms with Crippen LogP contribution in [0, 0.1) is 6.92 Å². The smallest absolute Gasteiger partial charge is 0.0225 e. The van der Waals surface area contributed by atoms with E-state index < -0.39 is 0 Å². The van der Waals surface area contributed by atoms with Crippen LogP contribution in [0.1, 0.15) is 36.2 Å². The summed E-state index contributed by atoms with van der Waals surface area (Å²) in [5.41, 5.74) is 4.65. The molecule has 2 rings (SSSR count). The Morgan fingerprint density at radius 1 is 1.40 bits per heavy atom. The van der Waals surface area contributed by atoms with Gasteiger partial charge in [-0.25, -0.2) is 0 Å². The first-order valence-electron chi connectivity index (χ1n) is 6.15. The molecular weight excluding hydrogens is 184 g/mol. The third-order valence-electron chi connectivity index (χ3n) is 3.42. The van der Waals surface area contributed by atoms with Crippen LogP contribution in [0.4, 0.5) is 0 Å². The summed E-state index contributed by atoms with van der Waals surface area (Å²) in [6.45, 7) is 4.64. The summed E-state index contributed by atoms with van der Waals surface area (Å²) in [5.74, 6) is 0. The van der Waals surface area contributed by atoms with E-state index in [1.165, 1.54) is 44.2 Å². The zero-order chi connectivity index (χ0) is 10.7. The highest BCUT2D eigenvalue weighted by Gasteiger charge is 2.14. The second-order valence-electron chi connectivity index (χ2n) is 4.58. The summed E-state index contributed by atoms with van der Waals surface area (Å²) >= 11 is 0. The van der Waals surface area contributed by atoms with Gasteiger partial charge in [-0.2, -0.15) is 0 Å². The molecule has 2 heterocycles. The molecule has 0 bridgehead atoms. The third-order valence-corrected chi connectivity index (χ3v) is 3.42. The van der Waals surface area contributed by atoms with Crippen molar-refractivity contribution in [3.63, 3.8) is 0 Å². The fourth-order valence-corrected chi connectivity index (χ4v) is 2.62. The first-order chi connectivity index (χ1) is 7.33. The first kappa shape index (κ1) is 10.7. The van der Waals surface area contributed by atoms with E-state index in [1.807, 2.05) is 7.05 Å². The van der Waals surface area contributed by atoms with Crippen molar-refractivity contribution in [2.45, 2.75) is 45.6 Å². The van der Waals surface area contributed by atoms with Gasteiger partial charge in [0.1, 0.15) is 0 Å². The summed E-state index contributed by atoms with van der Waals surface area (Å²) < 4.78 is 2.56. The van der Waals surface area contributed by atoms with Gasteiger partial charge in [-0.1, -0.05) is 0 Å². The Balaban J connectivity index is 2.11. The fourth-order valence-electron chi connectivity index (χ4n) is 2.62. The average molecular weight is 206 g/mol. The monoisotopic (exact) mass is 206 g/mol. The molecule has 1 aromatic rings. The van der Waals surface area contributed by atoms with E-state index in [-0.39, 0.29) is 0 Å². The van der Waals surface area contributed by atoms with Crippen LogP contribution in [0.15, 0.2) is 6.07 Å². The summed E-state index contributed by atoms with van der Waals surface area (Å²) in [7, 11) is 2.03. The Kier molecular flexibility index (Phi) is 3.47. The highest BCUT2D eigenvalue weighted by atomic mass is 15.0. The van der Waals surface area contributed by atoms with Gasteiger partial charge >= 0.3 is 0 Å². The van der Waals surface area contributed by atoms with Crippen molar-refractivity contribution in [1.82, 2.24) is 9.88 Å². The number of rotatable bonds is 4. The van der Waals surface area contributed by atoms with Gasteiger partial charge in [0.2, 0.25) is 0 Å². The summed E-state index contributed by atoms with van der Waals surface area (Å²) in [5, 5.41) is 3.22. The predicted octanol–water partition coefficient (Wildman–Crippen LogP) is 2.28. The lowest BCUT2D eigenvalue weighted by atomic mass is 10.1. The quantitative estimate of drug-likeness (QED) is 0.748. The summed E-state index contributed by atoms with van der Waals surface area (Å²) in [4.78, 5) is 0. The molecule has 84 valence electrons. The van der Waals surface area contributed by atoms with Gasteiger partial charge in [0, 0.05) is 17.9 Å². The first-order valence-corrected chi connectivity index (χ1v) is 6.15. The minimum atomic E-state index is 1.12. The lowest BCUT2D eigenvalue weighted by molar-refractivity contribution is 0.512. The van der Waals surface area contributed by atoms with Crippen molar-refractivity contribution in [3.05, 3.63) is 23.0 Å². The van der Waals surface area contributed by atoms with Gasteiger partial charge in [0.05, 0.1) is 0 Å². The Morgan fingerprint density at radius 2 is 2.27 bits per heavy atom. The van der Waals surface area contributed by atoms with E-state index in [2.05, 4.69) is 22.9 Å². The molecule has 0 saturated carbocycles. The second-order valence-corrected chi connectivity index (χ2v) is 4.58. The van der Waals surface area contributed by atoms with Gasteiger partial charge < -0.3 is 9.88 Å². The highest BCUT2D eigenvalue weighted by molar-refractivity contribution is 5.28. The maximum absolute atomic E-state index is 3.22. The van der Waals surface area contributed by atoms with E-state index >= 15 is 0 Å². The molecular formula is C13H22N2. The van der Waals surface area contributed by atoms with Crippen molar-refractivity contribution >= 4 is 0 Å². The maximum Gasteiger partial charge on any atom is 0.0225 e. The summed E-state index contributed by atoms with van der Waals surface area (Å²) in [6.07, 6.45) is 6.50. The predicted molar refractivity (Wildman–Crippen MR) is 64.4 cm³/mol. The average Bonchev–Trinajstić information content (AvgIpc) is 2.56. The standard InChI is InChI=1S/C13H22N2/c1-11-10-12-6-3-4-9-15(12)13(11)7-5-8-14-2/h10,14H,3-9H2,1-2H3. The Morgan fingerprint density at radius 3 is 3.07 bits per heavy atom. The largest absolute Gasteiger partial charge is 0.348 e. The molecule has 15 heavy (non-hydrogen) atoms. The van der Waals surface area contributed by atoms with Crippen LogP contribution < -0.4 is 5.32 Å². The number of hydrogen-bond acceptors (Lipinski definition) is 1. The number of aryl methyl sites for hydroxylation is 2. The molecule has 0 fully saturated rings. The van der Waals surface area contributed by atoms with E-state index in [0.717, 1.165) is 6.54 Å². The van der Waals surface area contributed by atoms with Crippen LogP contribution >= 0.6 is 0 Å². The zero-order valence-electron chi connectivity index (χ0n) is 9.97. The van der Waals surface area contributed by atoms with Gasteiger partial charge in [0.25, 0.3) is 0 Å². The number of fused-ring (bicyclic) bond motifs is 1. The van der Waals surface area contributed by atoms with Crippen molar-refractivity contribution < 1.29 is 0 Å². The molecule has 0 saturated heterocycles. The molecule has 1 aliphatic rings. The maximum atomic E-state index is 3.22. The molecule has 0 aliphatic carbocycles. The number of aromatic nitrogens is 1. The van der Waals surface area contributed by atoms with E-state index in [4.69, 9.17) is 0 Å². The molecule has 1 N–H and O–H groups in total. The molecule has 2 nitrogen and oxygen atoms in total. The van der Waals surface area contributed by atoms with Crippen molar-refractivity contribution in [2.24, 2.45) is 0 Å². The lowest BCUT2D eigenvalue weighted by Crippen LogP contribution is -2.14. The van der Waals surface area contributed by atoms with Crippen LogP contribution in [-0.2, 0) is 19.4 Å². The number of nitrogens with zero attached hydrogens (tertiary/aromatic N) is 1. The Labute approximate surface area is 92.7 Å². The van der Waals surface area contributed by atoms with Crippen LogP contribution in [0.3, 0.4) is 0 Å². The third kappa shape index (κ3) is 2.25. The minimum absolute atomic E-state index is 1.12. The lowest BCUT2D eigenvalue weighted by Gasteiger charge is -2.18. The van der Waals surface area contributed by atoms with Gasteiger partial charge in [0.15, 0.2) is 0 Å². The SMILES string of the molecule is CNCCCc1c(C)cc2n1CCCC2. The fraction of sp³-hybridized carbons (Fsp3) is 0.692. The number of nitrogens with one attached hydrogen (secondary N) is 1. The second kappa shape index (κ2) is 4.84. The number of hydrogen-bond donors (Lipinski definition) is 1. The van der Waals surface area contributed by atoms with Crippen LogP contribution in [-0.4, -0.2) is 18.2 Å². The zero-order valence-corrected chi connectivity index (χ0v) is 9.97. The minimum Gasteiger partial charge on any atom is -0.348 e.